The van der Waals surface area contributed by atoms with E-state index >= 15 is 0 Å². The molecule has 0 spiro atoms. The van der Waals surface area contributed by atoms with E-state index in [1.165, 1.54) is 43.0 Å². The first-order chi connectivity index (χ1) is 7.38. The van der Waals surface area contributed by atoms with Gasteiger partial charge in [-0.1, -0.05) is 26.7 Å². The summed E-state index contributed by atoms with van der Waals surface area (Å²) in [6, 6.07) is 0. The Morgan fingerprint density at radius 2 is 2.20 bits per heavy atom. The van der Waals surface area contributed by atoms with Gasteiger partial charge in [-0.05, 0) is 12.2 Å². The van der Waals surface area contributed by atoms with Gasteiger partial charge in [-0.3, -0.25) is 0 Å². The van der Waals surface area contributed by atoms with Crippen molar-refractivity contribution in [2.24, 2.45) is 0 Å². The number of unbranched alkanes of at least 4 members (excludes halogenated alkanes) is 2. The number of imidazole rings is 1. The number of nitrogens with one attached hydrogen (secondary N) is 1. The summed E-state index contributed by atoms with van der Waals surface area (Å²) in [7, 11) is 0. The molecule has 3 heteroatoms. The maximum atomic E-state index is 3.35. The molecule has 0 saturated heterocycles. The Labute approximate surface area is 97.5 Å². The molecule has 1 aromatic rings. The van der Waals surface area contributed by atoms with Crippen molar-refractivity contribution in [1.29, 1.82) is 0 Å². The number of hydrogen-bond acceptors (Lipinski definition) is 1. The summed E-state index contributed by atoms with van der Waals surface area (Å²) in [5, 5.41) is 0. The van der Waals surface area contributed by atoms with Crippen LogP contribution in [0.15, 0.2) is 12.4 Å². The van der Waals surface area contributed by atoms with E-state index in [9.17, 15) is 0 Å². The quantitative estimate of drug-likeness (QED) is 0.535. The van der Waals surface area contributed by atoms with Crippen molar-refractivity contribution in [3.63, 3.8) is 0 Å². The Morgan fingerprint density at radius 3 is 2.93 bits per heavy atom. The normalized spacial score (nSPS) is 10.8. The Balaban J connectivity index is 2.32. The molecule has 0 fully saturated rings. The second kappa shape index (κ2) is 7.80. The molecular formula is C12H23N2S+. The second-order valence-corrected chi connectivity index (χ2v) is 5.15. The molecule has 15 heavy (non-hydrogen) atoms. The van der Waals surface area contributed by atoms with Gasteiger partial charge in [0.15, 0.2) is 0 Å². The summed E-state index contributed by atoms with van der Waals surface area (Å²) in [6.07, 6.45) is 9.35. The Bertz CT molecular complexity index is 233. The summed E-state index contributed by atoms with van der Waals surface area (Å²) in [5.74, 6) is 3.83. The van der Waals surface area contributed by atoms with Crippen LogP contribution in [-0.4, -0.2) is 16.5 Å². The van der Waals surface area contributed by atoms with Gasteiger partial charge in [-0.25, -0.2) is 9.55 Å². The molecule has 86 valence electrons. The minimum absolute atomic E-state index is 1.14. The highest BCUT2D eigenvalue weighted by Gasteiger charge is 2.08. The number of H-pyrrole nitrogens is 1. The summed E-state index contributed by atoms with van der Waals surface area (Å²) in [4.78, 5) is 3.35. The van der Waals surface area contributed by atoms with Crippen molar-refractivity contribution in [3.8, 4) is 0 Å². The lowest BCUT2D eigenvalue weighted by atomic mass is 10.2. The van der Waals surface area contributed by atoms with E-state index in [0.717, 1.165) is 6.54 Å². The zero-order valence-corrected chi connectivity index (χ0v) is 10.8. The van der Waals surface area contributed by atoms with Gasteiger partial charge in [0.05, 0.1) is 6.54 Å². The van der Waals surface area contributed by atoms with Crippen molar-refractivity contribution in [3.05, 3.63) is 18.2 Å². The highest BCUT2D eigenvalue weighted by Crippen LogP contribution is 2.01. The summed E-state index contributed by atoms with van der Waals surface area (Å²) in [5.41, 5.74) is 0. The average Bonchev–Trinajstić information content (AvgIpc) is 2.67. The van der Waals surface area contributed by atoms with Crippen molar-refractivity contribution in [2.75, 3.05) is 11.5 Å². The van der Waals surface area contributed by atoms with Crippen molar-refractivity contribution < 1.29 is 4.57 Å². The summed E-state index contributed by atoms with van der Waals surface area (Å²) >= 11 is 2.01. The van der Waals surface area contributed by atoms with E-state index in [1.807, 2.05) is 11.8 Å². The zero-order chi connectivity index (χ0) is 10.9. The monoisotopic (exact) mass is 227 g/mol. The van der Waals surface area contributed by atoms with Gasteiger partial charge >= 0.3 is 0 Å². The molecule has 0 aromatic carbocycles. The molecule has 0 aliphatic heterocycles. The first kappa shape index (κ1) is 12.6. The van der Waals surface area contributed by atoms with Crippen LogP contribution >= 0.6 is 11.8 Å². The number of aromatic amines is 1. The van der Waals surface area contributed by atoms with Gasteiger partial charge in [0.1, 0.15) is 12.4 Å². The molecule has 0 bridgehead atoms. The van der Waals surface area contributed by atoms with Crippen LogP contribution < -0.4 is 4.57 Å². The van der Waals surface area contributed by atoms with E-state index < -0.39 is 0 Å². The fraction of sp³-hybridized carbons (Fsp3) is 0.750. The molecule has 0 atom stereocenters. The Kier molecular flexibility index (Phi) is 6.57. The first-order valence-corrected chi connectivity index (χ1v) is 7.17. The van der Waals surface area contributed by atoms with E-state index in [-0.39, 0.29) is 0 Å². The van der Waals surface area contributed by atoms with Crippen molar-refractivity contribution in [2.45, 2.75) is 46.1 Å². The van der Waals surface area contributed by atoms with E-state index in [4.69, 9.17) is 0 Å². The lowest BCUT2D eigenvalue weighted by molar-refractivity contribution is -0.698. The zero-order valence-electron chi connectivity index (χ0n) is 9.96. The predicted molar refractivity (Wildman–Crippen MR) is 67.2 cm³/mol. The highest BCUT2D eigenvalue weighted by atomic mass is 32.2. The minimum Gasteiger partial charge on any atom is -0.248 e. The van der Waals surface area contributed by atoms with E-state index in [2.05, 4.69) is 35.8 Å². The molecule has 1 N–H and O–H groups in total. The van der Waals surface area contributed by atoms with Gasteiger partial charge in [0.2, 0.25) is 0 Å². The molecule has 1 rings (SSSR count). The minimum atomic E-state index is 1.14. The lowest BCUT2D eigenvalue weighted by Crippen LogP contribution is -2.37. The number of aromatic nitrogens is 2. The summed E-state index contributed by atoms with van der Waals surface area (Å²) < 4.78 is 2.36. The third-order valence-corrected chi connectivity index (χ3v) is 3.43. The molecule has 0 aliphatic rings. The number of nitrogens with zero attached hydrogens (tertiary/aromatic N) is 1. The molecule has 0 aliphatic carbocycles. The lowest BCUT2D eigenvalue weighted by Gasteiger charge is -2.00. The molecule has 0 amide bonds. The van der Waals surface area contributed by atoms with Crippen LogP contribution in [-0.2, 0) is 13.0 Å². The van der Waals surface area contributed by atoms with Crippen LogP contribution in [0.5, 0.6) is 0 Å². The number of thioether (sulfide) groups is 1. The number of aryl methyl sites for hydroxylation is 2. The fourth-order valence-electron chi connectivity index (χ4n) is 1.67. The average molecular weight is 227 g/mol. The molecule has 1 heterocycles. The molecule has 0 unspecified atom stereocenters. The van der Waals surface area contributed by atoms with Crippen LogP contribution in [0.1, 0.15) is 38.9 Å². The van der Waals surface area contributed by atoms with Gasteiger partial charge in [-0.15, -0.1) is 0 Å². The predicted octanol–water partition coefficient (Wildman–Crippen LogP) is 2.79. The second-order valence-electron chi connectivity index (χ2n) is 3.75. The smallest absolute Gasteiger partial charge is 0.248 e. The first-order valence-electron chi connectivity index (χ1n) is 6.02. The SMILES string of the molecule is CCCCCc1[nH]cc[n+]1CCSCC. The Morgan fingerprint density at radius 1 is 1.33 bits per heavy atom. The highest BCUT2D eigenvalue weighted by molar-refractivity contribution is 7.99. The van der Waals surface area contributed by atoms with Crippen molar-refractivity contribution in [1.82, 2.24) is 4.98 Å². The van der Waals surface area contributed by atoms with Gasteiger partial charge in [-0.2, -0.15) is 11.8 Å². The number of hydrogen-bond donors (Lipinski definition) is 1. The standard InChI is InChI=1S/C12H22N2S/c1-3-5-6-7-12-13-8-9-14(12)10-11-15-4-2/h8-9H,3-7,10-11H2,1-2H3/p+1. The third kappa shape index (κ3) is 4.74. The molecule has 0 saturated carbocycles. The van der Waals surface area contributed by atoms with E-state index in [0.29, 0.717) is 0 Å². The topological polar surface area (TPSA) is 19.7 Å². The summed E-state index contributed by atoms with van der Waals surface area (Å²) in [6.45, 7) is 5.61. The molecule has 1 aromatic heterocycles. The van der Waals surface area contributed by atoms with Crippen LogP contribution in [0, 0.1) is 0 Å². The maximum Gasteiger partial charge on any atom is 0.254 e. The third-order valence-electron chi connectivity index (χ3n) is 2.55. The van der Waals surface area contributed by atoms with E-state index in [1.54, 1.807) is 0 Å². The van der Waals surface area contributed by atoms with Gasteiger partial charge in [0.25, 0.3) is 5.82 Å². The van der Waals surface area contributed by atoms with Crippen LogP contribution in [0.3, 0.4) is 0 Å². The number of rotatable bonds is 8. The molecule has 0 radical (unpaired) electrons. The largest absolute Gasteiger partial charge is 0.254 e. The van der Waals surface area contributed by atoms with Gasteiger partial charge < -0.3 is 0 Å². The fourth-order valence-corrected chi connectivity index (χ4v) is 2.29. The molecular weight excluding hydrogens is 204 g/mol. The van der Waals surface area contributed by atoms with Crippen LogP contribution in [0.25, 0.3) is 0 Å². The Hall–Kier alpha value is -0.440. The van der Waals surface area contributed by atoms with Crippen molar-refractivity contribution >= 4 is 11.8 Å². The molecule has 2 nitrogen and oxygen atoms in total. The van der Waals surface area contributed by atoms with Crippen LogP contribution in [0.4, 0.5) is 0 Å². The van der Waals surface area contributed by atoms with Crippen LogP contribution in [0.2, 0.25) is 0 Å². The van der Waals surface area contributed by atoms with Gasteiger partial charge in [0, 0.05) is 12.2 Å². The maximum absolute atomic E-state index is 3.35.